The topological polar surface area (TPSA) is 89.1 Å². The molecule has 0 unspecified atom stereocenters. The number of phenolic OH excluding ortho intramolecular Hbond substituents is 2. The zero-order chi connectivity index (χ0) is 16.4. The Morgan fingerprint density at radius 2 is 1.67 bits per heavy atom. The van der Waals surface area contributed by atoms with Crippen LogP contribution >= 0.6 is 0 Å². The van der Waals surface area contributed by atoms with E-state index in [1.807, 2.05) is 12.1 Å². The SMILES string of the molecule is O=Cc1c2[nH]c3ccc(O)cc3c2cc2[nH]c3c(O)cccc3c12. The van der Waals surface area contributed by atoms with Crippen LogP contribution in [0, 0.1) is 0 Å². The zero-order valence-electron chi connectivity index (χ0n) is 12.4. The van der Waals surface area contributed by atoms with Gasteiger partial charge in [-0.25, -0.2) is 0 Å². The first kappa shape index (κ1) is 13.0. The fourth-order valence-electron chi connectivity index (χ4n) is 3.57. The number of hydrogen-bond acceptors (Lipinski definition) is 3. The largest absolute Gasteiger partial charge is 0.508 e. The minimum Gasteiger partial charge on any atom is -0.508 e. The second-order valence-corrected chi connectivity index (χ2v) is 5.93. The molecule has 5 nitrogen and oxygen atoms in total. The Hall–Kier alpha value is -3.47. The highest BCUT2D eigenvalue weighted by Crippen LogP contribution is 2.38. The number of rotatable bonds is 1. The zero-order valence-corrected chi connectivity index (χ0v) is 12.4. The van der Waals surface area contributed by atoms with Crippen LogP contribution in [0.2, 0.25) is 0 Å². The Kier molecular flexibility index (Phi) is 2.33. The van der Waals surface area contributed by atoms with Gasteiger partial charge in [0.25, 0.3) is 0 Å². The van der Waals surface area contributed by atoms with Gasteiger partial charge in [-0.15, -0.1) is 0 Å². The van der Waals surface area contributed by atoms with E-state index in [0.717, 1.165) is 44.4 Å². The third kappa shape index (κ3) is 1.50. The summed E-state index contributed by atoms with van der Waals surface area (Å²) in [5, 5.41) is 23.1. The summed E-state index contributed by atoms with van der Waals surface area (Å²) < 4.78 is 0. The molecular formula is C19H12N2O3. The second kappa shape index (κ2) is 4.29. The van der Waals surface area contributed by atoms with Crippen molar-refractivity contribution >= 4 is 49.9 Å². The minimum absolute atomic E-state index is 0.145. The molecule has 0 aliphatic heterocycles. The van der Waals surface area contributed by atoms with Crippen LogP contribution in [0.4, 0.5) is 0 Å². The maximum atomic E-state index is 11.9. The van der Waals surface area contributed by atoms with E-state index >= 15 is 0 Å². The van der Waals surface area contributed by atoms with Crippen molar-refractivity contribution in [3.05, 3.63) is 48.0 Å². The predicted octanol–water partition coefficient (Wildman–Crippen LogP) is 4.18. The first-order valence-corrected chi connectivity index (χ1v) is 7.53. The van der Waals surface area contributed by atoms with Gasteiger partial charge in [0.15, 0.2) is 6.29 Å². The van der Waals surface area contributed by atoms with Crippen molar-refractivity contribution < 1.29 is 15.0 Å². The number of aldehydes is 1. The molecule has 0 saturated heterocycles. The number of aromatic nitrogens is 2. The van der Waals surface area contributed by atoms with Crippen LogP contribution in [0.15, 0.2) is 42.5 Å². The highest BCUT2D eigenvalue weighted by Gasteiger charge is 2.17. The van der Waals surface area contributed by atoms with Crippen molar-refractivity contribution in [2.75, 3.05) is 0 Å². The summed E-state index contributed by atoms with van der Waals surface area (Å²) in [6.07, 6.45) is 0.831. The molecule has 5 rings (SSSR count). The van der Waals surface area contributed by atoms with Crippen LogP contribution in [0.3, 0.4) is 0 Å². The Labute approximate surface area is 135 Å². The number of fused-ring (bicyclic) bond motifs is 6. The molecule has 2 heterocycles. The van der Waals surface area contributed by atoms with Gasteiger partial charge in [-0.05, 0) is 30.3 Å². The van der Waals surface area contributed by atoms with Crippen LogP contribution in [0.5, 0.6) is 11.5 Å². The van der Waals surface area contributed by atoms with E-state index in [-0.39, 0.29) is 11.5 Å². The number of phenols is 2. The van der Waals surface area contributed by atoms with E-state index in [2.05, 4.69) is 9.97 Å². The van der Waals surface area contributed by atoms with Gasteiger partial charge in [0.2, 0.25) is 0 Å². The highest BCUT2D eigenvalue weighted by molar-refractivity contribution is 6.25. The number of para-hydroxylation sites is 1. The third-order valence-electron chi connectivity index (χ3n) is 4.61. The van der Waals surface area contributed by atoms with Crippen LogP contribution < -0.4 is 0 Å². The number of aromatic amines is 2. The lowest BCUT2D eigenvalue weighted by Crippen LogP contribution is -1.85. The smallest absolute Gasteiger partial charge is 0.152 e. The lowest BCUT2D eigenvalue weighted by atomic mass is 10.0. The number of H-pyrrole nitrogens is 2. The molecule has 116 valence electrons. The molecule has 0 radical (unpaired) electrons. The average molecular weight is 316 g/mol. The first-order valence-electron chi connectivity index (χ1n) is 7.53. The van der Waals surface area contributed by atoms with Gasteiger partial charge in [-0.3, -0.25) is 4.79 Å². The normalized spacial score (nSPS) is 11.8. The van der Waals surface area contributed by atoms with Crippen molar-refractivity contribution in [1.29, 1.82) is 0 Å². The van der Waals surface area contributed by atoms with Crippen molar-refractivity contribution in [3.63, 3.8) is 0 Å². The van der Waals surface area contributed by atoms with E-state index < -0.39 is 0 Å². The van der Waals surface area contributed by atoms with E-state index in [1.54, 1.807) is 30.3 Å². The lowest BCUT2D eigenvalue weighted by molar-refractivity contribution is 0.112. The first-order chi connectivity index (χ1) is 11.7. The highest BCUT2D eigenvalue weighted by atomic mass is 16.3. The summed E-state index contributed by atoms with van der Waals surface area (Å²) in [5.74, 6) is 0.317. The summed E-state index contributed by atoms with van der Waals surface area (Å²) in [6.45, 7) is 0. The van der Waals surface area contributed by atoms with Gasteiger partial charge in [-0.2, -0.15) is 0 Å². The number of nitrogens with one attached hydrogen (secondary N) is 2. The van der Waals surface area contributed by atoms with Gasteiger partial charge in [0.1, 0.15) is 11.5 Å². The van der Waals surface area contributed by atoms with Gasteiger partial charge < -0.3 is 20.2 Å². The Balaban J connectivity index is 2.09. The molecule has 0 bridgehead atoms. The molecule has 0 amide bonds. The molecule has 4 N–H and O–H groups in total. The number of hydrogen-bond donors (Lipinski definition) is 4. The number of aromatic hydroxyl groups is 2. The van der Waals surface area contributed by atoms with Crippen molar-refractivity contribution in [2.24, 2.45) is 0 Å². The summed E-state index contributed by atoms with van der Waals surface area (Å²) >= 11 is 0. The third-order valence-corrected chi connectivity index (χ3v) is 4.61. The fraction of sp³-hybridized carbons (Fsp3) is 0. The minimum atomic E-state index is 0.145. The van der Waals surface area contributed by atoms with E-state index in [1.165, 1.54) is 0 Å². The van der Waals surface area contributed by atoms with Gasteiger partial charge in [0, 0.05) is 38.1 Å². The maximum absolute atomic E-state index is 11.9. The van der Waals surface area contributed by atoms with Gasteiger partial charge in [-0.1, -0.05) is 12.1 Å². The summed E-state index contributed by atoms with van der Waals surface area (Å²) in [5.41, 5.74) is 3.49. The Bertz CT molecular complexity index is 1290. The van der Waals surface area contributed by atoms with E-state index in [9.17, 15) is 15.0 Å². The molecule has 0 spiro atoms. The molecule has 0 aliphatic rings. The van der Waals surface area contributed by atoms with E-state index in [4.69, 9.17) is 0 Å². The van der Waals surface area contributed by atoms with Crippen molar-refractivity contribution in [3.8, 4) is 11.5 Å². The predicted molar refractivity (Wildman–Crippen MR) is 93.9 cm³/mol. The molecule has 0 saturated carbocycles. The Morgan fingerprint density at radius 1 is 0.833 bits per heavy atom. The monoisotopic (exact) mass is 316 g/mol. The summed E-state index contributed by atoms with van der Waals surface area (Å²) in [6, 6.07) is 12.3. The van der Waals surface area contributed by atoms with Crippen molar-refractivity contribution in [1.82, 2.24) is 9.97 Å². The maximum Gasteiger partial charge on any atom is 0.152 e. The van der Waals surface area contributed by atoms with Crippen LogP contribution in [0.1, 0.15) is 10.4 Å². The molecule has 0 atom stereocenters. The molecule has 24 heavy (non-hydrogen) atoms. The fourth-order valence-corrected chi connectivity index (χ4v) is 3.57. The molecule has 5 aromatic rings. The molecule has 3 aromatic carbocycles. The number of benzene rings is 3. The van der Waals surface area contributed by atoms with Gasteiger partial charge in [0.05, 0.1) is 11.0 Å². The number of carbonyl (C=O) groups is 1. The second-order valence-electron chi connectivity index (χ2n) is 5.93. The average Bonchev–Trinajstić information content (AvgIpc) is 3.12. The van der Waals surface area contributed by atoms with Crippen LogP contribution in [0.25, 0.3) is 43.6 Å². The van der Waals surface area contributed by atoms with Crippen LogP contribution in [-0.2, 0) is 0 Å². The molecule has 2 aromatic heterocycles. The van der Waals surface area contributed by atoms with Crippen LogP contribution in [-0.4, -0.2) is 26.5 Å². The Morgan fingerprint density at radius 3 is 2.50 bits per heavy atom. The van der Waals surface area contributed by atoms with E-state index in [0.29, 0.717) is 11.1 Å². The summed E-state index contributed by atoms with van der Waals surface area (Å²) in [4.78, 5) is 18.3. The molecular weight excluding hydrogens is 304 g/mol. The quantitative estimate of drug-likeness (QED) is 0.350. The lowest BCUT2D eigenvalue weighted by Gasteiger charge is -2.00. The molecule has 0 aliphatic carbocycles. The molecule has 5 heteroatoms. The number of carbonyl (C=O) groups excluding carboxylic acids is 1. The standard InChI is InChI=1S/C19H12N2O3/c22-8-13-17-10-2-1-3-16(24)19(10)21-15(17)7-12-11-6-9(23)4-5-14(11)20-18(12)13/h1-8,20-21,23-24H. The molecule has 0 fully saturated rings. The van der Waals surface area contributed by atoms with Gasteiger partial charge >= 0.3 is 0 Å². The van der Waals surface area contributed by atoms with Crippen molar-refractivity contribution in [2.45, 2.75) is 0 Å². The summed E-state index contributed by atoms with van der Waals surface area (Å²) in [7, 11) is 0.